The van der Waals surface area contributed by atoms with E-state index in [0.717, 1.165) is 0 Å². The van der Waals surface area contributed by atoms with E-state index in [0.29, 0.717) is 93.1 Å². The second-order valence-electron chi connectivity index (χ2n) is 16.8. The van der Waals surface area contributed by atoms with Crippen LogP contribution in [0.15, 0.2) is 105 Å². The number of benzene rings is 2. The van der Waals surface area contributed by atoms with E-state index in [1.807, 2.05) is 53.1 Å². The first-order chi connectivity index (χ1) is 34.3. The van der Waals surface area contributed by atoms with Gasteiger partial charge >= 0.3 is 0 Å². The summed E-state index contributed by atoms with van der Waals surface area (Å²) >= 11 is 0. The molecule has 1 atom stereocenters. The predicted molar refractivity (Wildman–Crippen MR) is 263 cm³/mol. The van der Waals surface area contributed by atoms with Crippen molar-refractivity contribution in [2.75, 3.05) is 84.1 Å². The molecule has 6 heterocycles. The van der Waals surface area contributed by atoms with E-state index < -0.39 is 45.1 Å². The van der Waals surface area contributed by atoms with Crippen molar-refractivity contribution in [2.45, 2.75) is 13.0 Å². The van der Waals surface area contributed by atoms with Crippen LogP contribution in [0.3, 0.4) is 0 Å². The van der Waals surface area contributed by atoms with E-state index in [1.165, 1.54) is 63.0 Å². The fraction of sp³-hybridized carbons (Fsp3) is 0.255. The maximum Gasteiger partial charge on any atom is 0.295 e. The number of nitrogens with zero attached hydrogens (tertiary/aromatic N) is 6. The highest BCUT2D eigenvalue weighted by atomic mass is 16.5. The third-order valence-corrected chi connectivity index (χ3v) is 13.0. The van der Waals surface area contributed by atoms with Gasteiger partial charge in [0.2, 0.25) is 33.5 Å². The molecule has 2 aliphatic rings. The molecule has 362 valence electrons. The van der Waals surface area contributed by atoms with Crippen LogP contribution in [0.2, 0.25) is 0 Å². The number of nitrogens with one attached hydrogen (secondary N) is 2. The van der Waals surface area contributed by atoms with E-state index >= 15 is 0 Å². The first-order valence-electron chi connectivity index (χ1n) is 22.5. The Balaban J connectivity index is 0.000000176. The van der Waals surface area contributed by atoms with Crippen LogP contribution in [0.25, 0.3) is 44.1 Å². The maximum absolute atomic E-state index is 13.3. The molecule has 20 heteroatoms. The highest BCUT2D eigenvalue weighted by Gasteiger charge is 2.37. The first kappa shape index (κ1) is 47.1. The average Bonchev–Trinajstić information content (AvgIpc) is 4.07. The minimum absolute atomic E-state index is 0.163. The van der Waals surface area contributed by atoms with E-state index in [2.05, 4.69) is 19.9 Å². The smallest absolute Gasteiger partial charge is 0.295 e. The van der Waals surface area contributed by atoms with Gasteiger partial charge in [0.25, 0.3) is 23.4 Å². The number of aromatic nitrogens is 4. The number of anilines is 2. The van der Waals surface area contributed by atoms with Gasteiger partial charge in [-0.25, -0.2) is 9.97 Å². The Morgan fingerprint density at radius 3 is 1.42 bits per heavy atom. The molecule has 8 aromatic rings. The molecule has 2 fully saturated rings. The summed E-state index contributed by atoms with van der Waals surface area (Å²) in [5.41, 5.74) is 2.13. The molecule has 2 N–H and O–H groups in total. The second-order valence-corrected chi connectivity index (χ2v) is 16.8. The zero-order valence-electron chi connectivity index (χ0n) is 39.2. The highest BCUT2D eigenvalue weighted by molar-refractivity contribution is 6.46. The van der Waals surface area contributed by atoms with Gasteiger partial charge in [0, 0.05) is 64.2 Å². The topological polar surface area (TPSA) is 244 Å². The third-order valence-electron chi connectivity index (χ3n) is 13.0. The molecule has 0 spiro atoms. The summed E-state index contributed by atoms with van der Waals surface area (Å²) in [7, 11) is 5.83. The molecule has 20 nitrogen and oxygen atoms in total. The normalized spacial score (nSPS) is 14.9. The highest BCUT2D eigenvalue weighted by Crippen LogP contribution is 2.36. The number of fused-ring (bicyclic) bond motifs is 2. The Bertz CT molecular complexity index is 3520. The molecule has 2 amide bonds. The van der Waals surface area contributed by atoms with Crippen molar-refractivity contribution >= 4 is 56.6 Å². The van der Waals surface area contributed by atoms with E-state index in [4.69, 9.17) is 18.9 Å². The molecule has 0 bridgehead atoms. The Labute approximate surface area is 403 Å². The maximum atomic E-state index is 13.3. The molecule has 4 aromatic heterocycles. The number of ketones is 2. The number of piperazine rings is 2. The number of rotatable bonds is 12. The van der Waals surface area contributed by atoms with Crippen LogP contribution in [-0.2, 0) is 9.59 Å². The average molecular weight is 963 g/mol. The summed E-state index contributed by atoms with van der Waals surface area (Å²) in [4.78, 5) is 123. The zero-order valence-corrected chi connectivity index (χ0v) is 39.2. The SMILES string of the molecule is COc1ncc(OC)c2c(C(=O)C(=O)N3CCN(c4c(-c5ccccc5)c(=O)c4=O)CC3)c[nH]c12.COc1ncc(OC)c2c(C(=O)C(=O)N3CCN(c4c(-c5ccccc5)c(=O)c4=O)C[C@@H]3C)c[nH]c12. The Kier molecular flexibility index (Phi) is 12.8. The quantitative estimate of drug-likeness (QED) is 0.132. The monoisotopic (exact) mass is 962 g/mol. The van der Waals surface area contributed by atoms with Crippen molar-refractivity contribution in [3.8, 4) is 45.5 Å². The lowest BCUT2D eigenvalue weighted by Gasteiger charge is -2.41. The number of aromatic amines is 2. The van der Waals surface area contributed by atoms with E-state index in [9.17, 15) is 38.4 Å². The number of pyridine rings is 2. The van der Waals surface area contributed by atoms with Crippen LogP contribution < -0.4 is 50.5 Å². The van der Waals surface area contributed by atoms with Crippen LogP contribution in [0.4, 0.5) is 11.4 Å². The Morgan fingerprint density at radius 2 is 0.986 bits per heavy atom. The number of ether oxygens (including phenoxy) is 4. The lowest BCUT2D eigenvalue weighted by atomic mass is 9.96. The van der Waals surface area contributed by atoms with Crippen LogP contribution in [0, 0.1) is 0 Å². The fourth-order valence-corrected chi connectivity index (χ4v) is 9.37. The molecule has 2 saturated heterocycles. The van der Waals surface area contributed by atoms with E-state index in [1.54, 1.807) is 24.3 Å². The van der Waals surface area contributed by atoms with Gasteiger partial charge in [-0.1, -0.05) is 60.7 Å². The number of methoxy groups -OCH3 is 4. The van der Waals surface area contributed by atoms with Gasteiger partial charge < -0.3 is 48.5 Å². The largest absolute Gasteiger partial charge is 0.494 e. The second kappa shape index (κ2) is 19.2. The molecular formula is C51H46N8O12. The first-order valence-corrected chi connectivity index (χ1v) is 22.5. The minimum Gasteiger partial charge on any atom is -0.494 e. The number of carbonyl (C=O) groups excluding carboxylic acids is 4. The molecule has 71 heavy (non-hydrogen) atoms. The predicted octanol–water partition coefficient (Wildman–Crippen LogP) is 3.14. The number of hydrogen-bond donors (Lipinski definition) is 2. The van der Waals surface area contributed by atoms with Crippen molar-refractivity contribution in [3.05, 3.63) is 137 Å². The van der Waals surface area contributed by atoms with Gasteiger partial charge in [0.1, 0.15) is 33.9 Å². The summed E-state index contributed by atoms with van der Waals surface area (Å²) in [5, 5.41) is 0.845. The molecule has 10 rings (SSSR count). The van der Waals surface area contributed by atoms with Crippen molar-refractivity contribution in [1.29, 1.82) is 0 Å². The minimum atomic E-state index is -0.688. The van der Waals surface area contributed by atoms with Gasteiger partial charge in [-0.15, -0.1) is 0 Å². The van der Waals surface area contributed by atoms with E-state index in [-0.39, 0.29) is 48.6 Å². The van der Waals surface area contributed by atoms with Crippen LogP contribution >= 0.6 is 0 Å². The van der Waals surface area contributed by atoms with Crippen LogP contribution in [0.5, 0.6) is 23.3 Å². The molecule has 2 aliphatic heterocycles. The molecule has 0 radical (unpaired) electrons. The van der Waals surface area contributed by atoms with Crippen molar-refractivity contribution in [3.63, 3.8) is 0 Å². The van der Waals surface area contributed by atoms with Crippen molar-refractivity contribution in [1.82, 2.24) is 29.7 Å². The number of H-pyrrole nitrogens is 2. The van der Waals surface area contributed by atoms with Crippen LogP contribution in [0.1, 0.15) is 27.6 Å². The zero-order chi connectivity index (χ0) is 50.2. The van der Waals surface area contributed by atoms with Gasteiger partial charge in [0.05, 0.1) is 73.9 Å². The third kappa shape index (κ3) is 8.11. The fourth-order valence-electron chi connectivity index (χ4n) is 9.37. The summed E-state index contributed by atoms with van der Waals surface area (Å²) in [6, 6.07) is 17.7. The standard InChI is InChI=1S/C26H24N4O6.C25H22N4O6/c1-14-13-29(21-18(23(32)24(21)33)15-7-5-4-6-8-15)9-10-30(14)26(34)22(31)16-11-27-20-19(16)17(35-2)12-28-25(20)36-3;1-34-16-13-27-24(35-2)19-18(16)15(12-26-19)21(30)25(33)29-10-8-28(9-11-29)20-17(22(31)23(20)32)14-6-4-3-5-7-14/h4-8,11-12,14,27H,9-10,13H2,1-3H3;3-7,12-13,26H,8-11H2,1-2H3/t14-;/m0./s1. The number of hydrogen-bond acceptors (Lipinski definition) is 16. The van der Waals surface area contributed by atoms with Crippen LogP contribution in [-0.4, -0.2) is 133 Å². The molecule has 0 unspecified atom stereocenters. The van der Waals surface area contributed by atoms with Gasteiger partial charge in [-0.2, -0.15) is 0 Å². The molecule has 0 saturated carbocycles. The number of carbonyl (C=O) groups is 4. The molecular weight excluding hydrogens is 917 g/mol. The summed E-state index contributed by atoms with van der Waals surface area (Å²) in [5.74, 6) is -1.44. The Morgan fingerprint density at radius 1 is 0.549 bits per heavy atom. The molecule has 4 aromatic carbocycles. The number of amides is 2. The molecule has 0 aliphatic carbocycles. The van der Waals surface area contributed by atoms with Crippen molar-refractivity contribution in [2.24, 2.45) is 0 Å². The van der Waals surface area contributed by atoms with Gasteiger partial charge in [-0.05, 0) is 18.1 Å². The van der Waals surface area contributed by atoms with Gasteiger partial charge in [0.15, 0.2) is 0 Å². The summed E-state index contributed by atoms with van der Waals surface area (Å²) in [6.07, 6.45) is 5.77. The Hall–Kier alpha value is -8.94. The summed E-state index contributed by atoms with van der Waals surface area (Å²) in [6.45, 7) is 3.82. The van der Waals surface area contributed by atoms with Gasteiger partial charge in [-0.3, -0.25) is 38.4 Å². The number of Topliss-reactive ketones (excluding diaryl/α,β-unsaturated/α-hetero) is 2. The van der Waals surface area contributed by atoms with Crippen molar-refractivity contribution < 1.29 is 38.1 Å². The lowest BCUT2D eigenvalue weighted by molar-refractivity contribution is -0.128. The lowest BCUT2D eigenvalue weighted by Crippen LogP contribution is -2.58. The summed E-state index contributed by atoms with van der Waals surface area (Å²) < 4.78 is 21.2.